The van der Waals surface area contributed by atoms with Crippen LogP contribution in [0.3, 0.4) is 0 Å². The minimum absolute atomic E-state index is 0.0134. The number of carbonyl (C=O) groups is 3. The summed E-state index contributed by atoms with van der Waals surface area (Å²) in [7, 11) is -6.84. The second kappa shape index (κ2) is 29.0. The number of Topliss-reactive ketones (excluding diaryl/α,β-unsaturated/α-hetero) is 3. The summed E-state index contributed by atoms with van der Waals surface area (Å²) in [5, 5.41) is 9.25. The number of aromatic nitrogens is 4. The van der Waals surface area contributed by atoms with E-state index in [0.717, 1.165) is 27.5 Å². The van der Waals surface area contributed by atoms with Crippen molar-refractivity contribution in [2.75, 3.05) is 6.26 Å². The summed E-state index contributed by atoms with van der Waals surface area (Å²) in [6, 6.07) is 14.4. The third-order valence-corrected chi connectivity index (χ3v) is 21.3. The summed E-state index contributed by atoms with van der Waals surface area (Å²) in [4.78, 5) is 51.6. The highest BCUT2D eigenvalue weighted by Crippen LogP contribution is 2.38. The van der Waals surface area contributed by atoms with Crippen LogP contribution in [0.1, 0.15) is 156 Å². The molecule has 0 saturated carbocycles. The number of ketones is 3. The minimum atomic E-state index is -3.46. The molecule has 13 nitrogen and oxygen atoms in total. The summed E-state index contributed by atoms with van der Waals surface area (Å²) >= 11 is 3.32. The standard InChI is InChI=1S/C17H29NO2Si.C12H20BrNOSi.C12H17NO4S.C11H15NO2/c1-13(2)10-16(19)15-9-8-14(11-18-15)12-20-21(6,7)17(3,4)5;1-12(2,3)16(4,5)15-9-10-6-7-11(13)14-8-10;1-9(2)6-12(14)11-5-4-10(7-13-11)8-17-18(3,15)16;1-8(2)5-11(14)10-4-3-9(7-13)6-12-10/h8-9,11,13H,10,12H2,1-7H3;6-8H,9H2,1-5H3;4-5,7,9H,6,8H2,1-3H3;3-4,6,8,13H,5,7H2,1-2H3. The Labute approximate surface area is 425 Å². The molecule has 69 heavy (non-hydrogen) atoms. The van der Waals surface area contributed by atoms with Crippen LogP contribution in [0.5, 0.6) is 0 Å². The van der Waals surface area contributed by atoms with Gasteiger partial charge in [-0.3, -0.25) is 33.5 Å². The van der Waals surface area contributed by atoms with Crippen LogP contribution in [0, 0.1) is 17.8 Å². The first-order chi connectivity index (χ1) is 31.7. The van der Waals surface area contributed by atoms with Crippen molar-refractivity contribution < 1.29 is 40.9 Å². The first kappa shape index (κ1) is 63.3. The number of carbonyl (C=O) groups excluding carboxylic acids is 3. The summed E-state index contributed by atoms with van der Waals surface area (Å²) in [5.41, 5.74) is 4.93. The molecule has 0 aliphatic heterocycles. The Hall–Kier alpha value is -3.69. The van der Waals surface area contributed by atoms with E-state index in [-0.39, 0.29) is 46.6 Å². The van der Waals surface area contributed by atoms with Crippen molar-refractivity contribution in [1.82, 2.24) is 19.9 Å². The summed E-state index contributed by atoms with van der Waals surface area (Å²) < 4.78 is 39.4. The van der Waals surface area contributed by atoms with Crippen LogP contribution in [0.25, 0.3) is 0 Å². The van der Waals surface area contributed by atoms with Crippen LogP contribution in [0.2, 0.25) is 36.3 Å². The molecule has 1 N–H and O–H groups in total. The van der Waals surface area contributed by atoms with E-state index in [4.69, 9.17) is 14.0 Å². The average molecular weight is 1070 g/mol. The Morgan fingerprint density at radius 3 is 1.10 bits per heavy atom. The fraction of sp³-hybridized carbons (Fsp3) is 0.558. The maximum Gasteiger partial charge on any atom is 0.264 e. The number of rotatable bonds is 19. The summed E-state index contributed by atoms with van der Waals surface area (Å²) in [5.74, 6) is 1.15. The van der Waals surface area contributed by atoms with E-state index >= 15 is 0 Å². The average Bonchev–Trinajstić information content (AvgIpc) is 3.24. The third-order valence-electron chi connectivity index (χ3n) is 11.3. The van der Waals surface area contributed by atoms with Gasteiger partial charge in [0, 0.05) is 44.0 Å². The highest BCUT2D eigenvalue weighted by molar-refractivity contribution is 9.10. The molecule has 0 aliphatic rings. The lowest BCUT2D eigenvalue weighted by molar-refractivity contribution is 0.0954. The van der Waals surface area contributed by atoms with Crippen LogP contribution in [-0.4, -0.2) is 73.7 Å². The normalized spacial score (nSPS) is 12.1. The first-order valence-electron chi connectivity index (χ1n) is 23.4. The zero-order chi connectivity index (χ0) is 53.0. The van der Waals surface area contributed by atoms with Crippen molar-refractivity contribution in [2.24, 2.45) is 17.8 Å². The molecule has 0 aliphatic carbocycles. The number of nitrogens with zero attached hydrogens (tertiary/aromatic N) is 4. The van der Waals surface area contributed by atoms with Crippen molar-refractivity contribution in [3.8, 4) is 0 Å². The second-order valence-corrected chi connectivity index (χ2v) is 33.5. The van der Waals surface area contributed by atoms with Crippen LogP contribution < -0.4 is 0 Å². The van der Waals surface area contributed by atoms with E-state index in [1.165, 1.54) is 12.4 Å². The van der Waals surface area contributed by atoms with E-state index in [0.29, 0.717) is 67.0 Å². The van der Waals surface area contributed by atoms with Crippen LogP contribution >= 0.6 is 15.9 Å². The van der Waals surface area contributed by atoms with E-state index in [1.807, 2.05) is 72.0 Å². The van der Waals surface area contributed by atoms with Crippen molar-refractivity contribution >= 4 is 60.0 Å². The number of pyridine rings is 4. The zero-order valence-electron chi connectivity index (χ0n) is 44.4. The molecule has 0 radical (unpaired) electrons. The molecule has 0 amide bonds. The number of hydrogen-bond acceptors (Lipinski definition) is 13. The monoisotopic (exact) mass is 1070 g/mol. The van der Waals surface area contributed by atoms with E-state index in [1.54, 1.807) is 30.5 Å². The van der Waals surface area contributed by atoms with Gasteiger partial charge in [-0.05, 0) is 116 Å². The molecule has 4 heterocycles. The fourth-order valence-electron chi connectivity index (χ4n) is 5.09. The van der Waals surface area contributed by atoms with Crippen LogP contribution in [0.15, 0.2) is 77.9 Å². The Morgan fingerprint density at radius 2 is 0.855 bits per heavy atom. The summed E-state index contributed by atoms with van der Waals surface area (Å²) in [6.07, 6.45) is 9.12. The van der Waals surface area contributed by atoms with E-state index < -0.39 is 26.8 Å². The first-order valence-corrected chi connectivity index (χ1v) is 31.9. The largest absolute Gasteiger partial charge is 0.413 e. The van der Waals surface area contributed by atoms with Crippen molar-refractivity contribution in [3.63, 3.8) is 0 Å². The topological polar surface area (TPSA) is 185 Å². The predicted octanol–water partition coefficient (Wildman–Crippen LogP) is 12.8. The highest BCUT2D eigenvalue weighted by atomic mass is 79.9. The lowest BCUT2D eigenvalue weighted by atomic mass is 10.0. The molecule has 4 aromatic rings. The maximum absolute atomic E-state index is 11.9. The van der Waals surface area contributed by atoms with Gasteiger partial charge < -0.3 is 14.0 Å². The van der Waals surface area contributed by atoms with Gasteiger partial charge >= 0.3 is 0 Å². The minimum Gasteiger partial charge on any atom is -0.413 e. The number of hydrogen-bond donors (Lipinski definition) is 1. The van der Waals surface area contributed by atoms with Gasteiger partial charge in [-0.25, -0.2) is 4.98 Å². The summed E-state index contributed by atoms with van der Waals surface area (Å²) in [6.45, 7) is 35.6. The number of halogens is 1. The number of aliphatic hydroxyl groups is 1. The molecule has 0 atom stereocenters. The molecular formula is C52H81BrN4O9SSi2. The Balaban J connectivity index is 0.000000465. The van der Waals surface area contributed by atoms with Gasteiger partial charge in [-0.15, -0.1) is 0 Å². The lowest BCUT2D eigenvalue weighted by Crippen LogP contribution is -2.40. The SMILES string of the molecule is CC(C)(C)[Si](C)(C)OCc1ccc(Br)nc1.CC(C)CC(=O)c1ccc(CO)cn1.CC(C)CC(=O)c1ccc(COS(C)(=O)=O)cn1.CC(C)CC(=O)c1ccc(CO[Si](C)(C)C(C)(C)C)cn1. The molecule has 0 aromatic carbocycles. The molecule has 17 heteroatoms. The second-order valence-electron chi connectivity index (χ2n) is 21.4. The zero-order valence-corrected chi connectivity index (χ0v) is 48.8. The van der Waals surface area contributed by atoms with Gasteiger partial charge in [-0.1, -0.05) is 107 Å². The Kier molecular flexibility index (Phi) is 26.6. The number of aliphatic hydroxyl groups excluding tert-OH is 1. The molecule has 0 saturated heterocycles. The quantitative estimate of drug-likeness (QED) is 0.0405. The van der Waals surface area contributed by atoms with Crippen molar-refractivity contribution in [1.29, 1.82) is 0 Å². The fourth-order valence-corrected chi connectivity index (χ4v) is 7.59. The molecule has 384 valence electrons. The van der Waals surface area contributed by atoms with Gasteiger partial charge in [0.1, 0.15) is 21.7 Å². The van der Waals surface area contributed by atoms with Gasteiger partial charge in [0.05, 0.1) is 32.7 Å². The molecule has 0 fully saturated rings. The molecular weight excluding hydrogens is 993 g/mol. The van der Waals surface area contributed by atoms with Gasteiger partial charge in [0.2, 0.25) is 0 Å². The van der Waals surface area contributed by atoms with Gasteiger partial charge in [-0.2, -0.15) is 8.42 Å². The Morgan fingerprint density at radius 1 is 0.551 bits per heavy atom. The molecule has 0 spiro atoms. The molecule has 0 bridgehead atoms. The third kappa shape index (κ3) is 25.8. The lowest BCUT2D eigenvalue weighted by Gasteiger charge is -2.36. The van der Waals surface area contributed by atoms with E-state index in [9.17, 15) is 22.8 Å². The van der Waals surface area contributed by atoms with Crippen LogP contribution in [0.4, 0.5) is 0 Å². The maximum atomic E-state index is 11.9. The van der Waals surface area contributed by atoms with Crippen molar-refractivity contribution in [3.05, 3.63) is 117 Å². The van der Waals surface area contributed by atoms with Gasteiger partial charge in [0.25, 0.3) is 10.1 Å². The Bertz CT molecular complexity index is 2280. The van der Waals surface area contributed by atoms with Gasteiger partial charge in [0.15, 0.2) is 34.0 Å². The molecule has 0 unspecified atom stereocenters. The van der Waals surface area contributed by atoms with E-state index in [2.05, 4.69) is 108 Å². The molecule has 4 aromatic heterocycles. The van der Waals surface area contributed by atoms with Crippen molar-refractivity contribution in [2.45, 2.75) is 165 Å². The molecule has 4 rings (SSSR count). The highest BCUT2D eigenvalue weighted by Gasteiger charge is 2.38. The van der Waals surface area contributed by atoms with Crippen LogP contribution in [-0.2, 0) is 49.6 Å². The smallest absolute Gasteiger partial charge is 0.264 e. The predicted molar refractivity (Wildman–Crippen MR) is 286 cm³/mol.